The van der Waals surface area contributed by atoms with Crippen molar-refractivity contribution < 1.29 is 9.59 Å². The molecule has 0 radical (unpaired) electrons. The van der Waals surface area contributed by atoms with E-state index in [4.69, 9.17) is 11.6 Å². The topological polar surface area (TPSA) is 50.3 Å². The van der Waals surface area contributed by atoms with Crippen molar-refractivity contribution in [3.63, 3.8) is 0 Å². The second kappa shape index (κ2) is 4.84. The molecule has 1 aliphatic heterocycles. The number of hydrogen-bond donors (Lipinski definition) is 0. The number of hydrogen-bond acceptors (Lipinski definition) is 3. The van der Waals surface area contributed by atoms with Gasteiger partial charge in [-0.05, 0) is 12.0 Å². The monoisotopic (exact) mass is 252 g/mol. The second-order valence-electron chi connectivity index (χ2n) is 4.14. The highest BCUT2D eigenvalue weighted by Crippen LogP contribution is 2.24. The summed E-state index contributed by atoms with van der Waals surface area (Å²) >= 11 is 5.92. The van der Waals surface area contributed by atoms with Crippen molar-refractivity contribution in [1.82, 2.24) is 9.88 Å². The van der Waals surface area contributed by atoms with Gasteiger partial charge in [-0.2, -0.15) is 0 Å². The van der Waals surface area contributed by atoms with Crippen molar-refractivity contribution >= 4 is 23.4 Å². The molecule has 2 heterocycles. The molecule has 0 spiro atoms. The largest absolute Gasteiger partial charge is 0.278 e. The van der Waals surface area contributed by atoms with Crippen LogP contribution in [0.25, 0.3) is 0 Å². The van der Waals surface area contributed by atoms with E-state index >= 15 is 0 Å². The van der Waals surface area contributed by atoms with Crippen LogP contribution in [0.2, 0.25) is 5.02 Å². The first kappa shape index (κ1) is 12.0. The molecule has 17 heavy (non-hydrogen) atoms. The Morgan fingerprint density at radius 1 is 1.65 bits per heavy atom. The molecule has 1 atom stereocenters. The van der Waals surface area contributed by atoms with E-state index in [1.807, 2.05) is 6.92 Å². The summed E-state index contributed by atoms with van der Waals surface area (Å²) in [6.07, 6.45) is 4.26. The summed E-state index contributed by atoms with van der Waals surface area (Å²) in [7, 11) is 0. The molecule has 1 aromatic rings. The Labute approximate surface area is 105 Å². The van der Waals surface area contributed by atoms with Crippen molar-refractivity contribution in [2.24, 2.45) is 5.92 Å². The lowest BCUT2D eigenvalue weighted by atomic mass is 10.1. The van der Waals surface area contributed by atoms with Gasteiger partial charge in [-0.25, -0.2) is 0 Å². The Morgan fingerprint density at radius 3 is 3.00 bits per heavy atom. The van der Waals surface area contributed by atoms with Crippen LogP contribution in [0.3, 0.4) is 0 Å². The molecule has 0 N–H and O–H groups in total. The number of rotatable bonds is 2. The third-order valence-electron chi connectivity index (χ3n) is 3.03. The van der Waals surface area contributed by atoms with E-state index in [1.54, 1.807) is 6.07 Å². The van der Waals surface area contributed by atoms with Gasteiger partial charge in [-0.15, -0.1) is 0 Å². The predicted molar refractivity (Wildman–Crippen MR) is 63.7 cm³/mol. The highest BCUT2D eigenvalue weighted by atomic mass is 35.5. The molecule has 1 saturated heterocycles. The van der Waals surface area contributed by atoms with Crippen LogP contribution >= 0.6 is 11.6 Å². The third kappa shape index (κ3) is 2.31. The Morgan fingerprint density at radius 2 is 2.41 bits per heavy atom. The minimum Gasteiger partial charge on any atom is -0.278 e. The Hall–Kier alpha value is -1.42. The number of imide groups is 1. The average molecular weight is 253 g/mol. The van der Waals surface area contributed by atoms with Crippen molar-refractivity contribution in [3.8, 4) is 0 Å². The van der Waals surface area contributed by atoms with Crippen LogP contribution in [-0.2, 0) is 4.79 Å². The van der Waals surface area contributed by atoms with E-state index in [1.165, 1.54) is 17.3 Å². The van der Waals surface area contributed by atoms with Gasteiger partial charge in [0.15, 0.2) is 0 Å². The van der Waals surface area contributed by atoms with Gasteiger partial charge in [0.05, 0.1) is 10.6 Å². The minimum absolute atomic E-state index is 0.123. The Balaban J connectivity index is 2.22. The fraction of sp³-hybridized carbons (Fsp3) is 0.417. The van der Waals surface area contributed by atoms with Crippen molar-refractivity contribution in [3.05, 3.63) is 29.0 Å². The fourth-order valence-corrected chi connectivity index (χ4v) is 2.12. The first-order chi connectivity index (χ1) is 8.13. The Bertz CT molecular complexity index is 462. The molecule has 2 amide bonds. The highest BCUT2D eigenvalue weighted by molar-refractivity contribution is 6.34. The second-order valence-corrected chi connectivity index (χ2v) is 4.55. The molecule has 0 aliphatic carbocycles. The summed E-state index contributed by atoms with van der Waals surface area (Å²) < 4.78 is 0. The summed E-state index contributed by atoms with van der Waals surface area (Å²) in [4.78, 5) is 29.0. The smallest absolute Gasteiger partial charge is 0.263 e. The van der Waals surface area contributed by atoms with Crippen LogP contribution < -0.4 is 0 Å². The molecule has 1 aliphatic rings. The number of likely N-dealkylation sites (tertiary alicyclic amines) is 1. The first-order valence-electron chi connectivity index (χ1n) is 5.57. The standard InChI is InChI=1S/C12H13ClN2O2/c1-2-8-5-11(16)15(7-8)12(17)9-6-14-4-3-10(9)13/h3-4,6,8H,2,5,7H2,1H3. The maximum absolute atomic E-state index is 12.1. The zero-order chi connectivity index (χ0) is 12.4. The molecular weight excluding hydrogens is 240 g/mol. The first-order valence-corrected chi connectivity index (χ1v) is 5.95. The summed E-state index contributed by atoms with van der Waals surface area (Å²) in [5.41, 5.74) is 0.291. The average Bonchev–Trinajstić information content (AvgIpc) is 2.70. The fourth-order valence-electron chi connectivity index (χ4n) is 1.93. The van der Waals surface area contributed by atoms with Gasteiger partial charge >= 0.3 is 0 Å². The van der Waals surface area contributed by atoms with E-state index in [9.17, 15) is 9.59 Å². The number of nitrogens with zero attached hydrogens (tertiary/aromatic N) is 2. The van der Waals surface area contributed by atoms with Crippen LogP contribution in [0.4, 0.5) is 0 Å². The molecule has 0 bridgehead atoms. The van der Waals surface area contributed by atoms with Crippen LogP contribution in [-0.4, -0.2) is 28.2 Å². The van der Waals surface area contributed by atoms with Gasteiger partial charge in [0.1, 0.15) is 0 Å². The van der Waals surface area contributed by atoms with Gasteiger partial charge in [0, 0.05) is 25.4 Å². The molecule has 1 fully saturated rings. The molecule has 5 heteroatoms. The van der Waals surface area contributed by atoms with E-state index in [0.717, 1.165) is 6.42 Å². The minimum atomic E-state index is -0.343. The van der Waals surface area contributed by atoms with E-state index in [0.29, 0.717) is 23.6 Å². The summed E-state index contributed by atoms with van der Waals surface area (Å²) in [5.74, 6) is -0.201. The summed E-state index contributed by atoms with van der Waals surface area (Å²) in [6.45, 7) is 2.50. The maximum Gasteiger partial charge on any atom is 0.263 e. The van der Waals surface area contributed by atoms with Crippen LogP contribution in [0, 0.1) is 5.92 Å². The Kier molecular flexibility index (Phi) is 3.43. The molecule has 1 unspecified atom stereocenters. The molecular formula is C12H13ClN2O2. The maximum atomic E-state index is 12.1. The van der Waals surface area contributed by atoms with Gasteiger partial charge in [0.2, 0.25) is 5.91 Å². The zero-order valence-corrected chi connectivity index (χ0v) is 10.3. The van der Waals surface area contributed by atoms with Crippen molar-refractivity contribution in [1.29, 1.82) is 0 Å². The lowest BCUT2D eigenvalue weighted by Crippen LogP contribution is -2.32. The highest BCUT2D eigenvalue weighted by Gasteiger charge is 2.34. The molecule has 1 aromatic heterocycles. The number of pyridine rings is 1. The molecule has 4 nitrogen and oxygen atoms in total. The van der Waals surface area contributed by atoms with Crippen LogP contribution in [0.15, 0.2) is 18.5 Å². The van der Waals surface area contributed by atoms with E-state index < -0.39 is 0 Å². The molecule has 0 saturated carbocycles. The molecule has 0 aromatic carbocycles. The zero-order valence-electron chi connectivity index (χ0n) is 9.52. The molecule has 2 rings (SSSR count). The lowest BCUT2D eigenvalue weighted by molar-refractivity contribution is -0.125. The number of aromatic nitrogens is 1. The quantitative estimate of drug-likeness (QED) is 0.758. The number of halogens is 1. The predicted octanol–water partition coefficient (Wildman–Crippen LogP) is 2.13. The number of carbonyl (C=O) groups is 2. The lowest BCUT2D eigenvalue weighted by Gasteiger charge is -2.14. The summed E-state index contributed by atoms with van der Waals surface area (Å²) in [6, 6.07) is 1.55. The van der Waals surface area contributed by atoms with Crippen LogP contribution in [0.5, 0.6) is 0 Å². The SMILES string of the molecule is CCC1CC(=O)N(C(=O)c2cnccc2Cl)C1. The number of amides is 2. The number of carbonyl (C=O) groups excluding carboxylic acids is 2. The van der Waals surface area contributed by atoms with Gasteiger partial charge < -0.3 is 0 Å². The third-order valence-corrected chi connectivity index (χ3v) is 3.36. The normalized spacial score (nSPS) is 19.8. The van der Waals surface area contributed by atoms with Crippen molar-refractivity contribution in [2.75, 3.05) is 6.54 Å². The van der Waals surface area contributed by atoms with Crippen molar-refractivity contribution in [2.45, 2.75) is 19.8 Å². The van der Waals surface area contributed by atoms with E-state index in [2.05, 4.69) is 4.98 Å². The van der Waals surface area contributed by atoms with Gasteiger partial charge in [-0.3, -0.25) is 19.5 Å². The van der Waals surface area contributed by atoms with E-state index in [-0.39, 0.29) is 17.7 Å². The summed E-state index contributed by atoms with van der Waals surface area (Å²) in [5, 5.41) is 0.331. The van der Waals surface area contributed by atoms with Crippen LogP contribution in [0.1, 0.15) is 30.1 Å². The van der Waals surface area contributed by atoms with Gasteiger partial charge in [-0.1, -0.05) is 24.9 Å². The van der Waals surface area contributed by atoms with Gasteiger partial charge in [0.25, 0.3) is 5.91 Å². The molecule has 90 valence electrons.